The van der Waals surface area contributed by atoms with Crippen LogP contribution in [0.4, 0.5) is 0 Å². The lowest BCUT2D eigenvalue weighted by Crippen LogP contribution is -2.36. The number of nitrogens with zero attached hydrogens (tertiary/aromatic N) is 4. The minimum Gasteiger partial charge on any atom is -0.376 e. The molecule has 0 bridgehead atoms. The van der Waals surface area contributed by atoms with Crippen molar-refractivity contribution >= 4 is 16.8 Å². The van der Waals surface area contributed by atoms with Crippen LogP contribution in [-0.2, 0) is 16.1 Å². The van der Waals surface area contributed by atoms with Gasteiger partial charge in [-0.1, -0.05) is 29.4 Å². The highest BCUT2D eigenvalue weighted by molar-refractivity contribution is 5.93. The van der Waals surface area contributed by atoms with Crippen LogP contribution in [0.5, 0.6) is 0 Å². The number of hydrogen-bond donors (Lipinski definition) is 1. The fourth-order valence-electron chi connectivity index (χ4n) is 3.84. The highest BCUT2D eigenvalue weighted by atomic mass is 16.5. The van der Waals surface area contributed by atoms with E-state index in [2.05, 4.69) is 20.4 Å². The molecule has 1 aromatic carbocycles. The maximum absolute atomic E-state index is 13.0. The number of nitrogens with one attached hydrogen (secondary N) is 1. The molecule has 4 heterocycles. The summed E-state index contributed by atoms with van der Waals surface area (Å²) in [6.07, 6.45) is 3.62. The van der Waals surface area contributed by atoms with Gasteiger partial charge in [-0.2, -0.15) is 4.98 Å². The quantitative estimate of drug-likeness (QED) is 0.499. The molecule has 1 N–H and O–H groups in total. The van der Waals surface area contributed by atoms with Crippen LogP contribution in [0.2, 0.25) is 0 Å². The van der Waals surface area contributed by atoms with Crippen molar-refractivity contribution in [2.75, 3.05) is 13.2 Å². The van der Waals surface area contributed by atoms with E-state index in [4.69, 9.17) is 9.26 Å². The highest BCUT2D eigenvalue weighted by Crippen LogP contribution is 2.27. The van der Waals surface area contributed by atoms with Crippen molar-refractivity contribution < 1.29 is 14.1 Å². The van der Waals surface area contributed by atoms with E-state index in [0.29, 0.717) is 29.1 Å². The molecule has 32 heavy (non-hydrogen) atoms. The van der Waals surface area contributed by atoms with Crippen LogP contribution < -0.4 is 10.9 Å². The van der Waals surface area contributed by atoms with Crippen molar-refractivity contribution in [2.24, 2.45) is 0 Å². The number of para-hydroxylation sites is 1. The summed E-state index contributed by atoms with van der Waals surface area (Å²) >= 11 is 0. The second-order valence-corrected chi connectivity index (χ2v) is 7.58. The lowest BCUT2D eigenvalue weighted by atomic mass is 10.1. The van der Waals surface area contributed by atoms with E-state index in [1.165, 1.54) is 10.6 Å². The van der Waals surface area contributed by atoms with Gasteiger partial charge in [0.15, 0.2) is 0 Å². The summed E-state index contributed by atoms with van der Waals surface area (Å²) in [5, 5.41) is 7.59. The third kappa shape index (κ3) is 4.02. The molecular weight excluding hydrogens is 410 g/mol. The molecule has 1 amide bonds. The molecule has 0 aliphatic carbocycles. The second-order valence-electron chi connectivity index (χ2n) is 7.58. The average molecular weight is 431 g/mol. The zero-order chi connectivity index (χ0) is 21.9. The number of carbonyl (C=O) groups excluding carboxylic acids is 1. The van der Waals surface area contributed by atoms with Crippen molar-refractivity contribution in [3.63, 3.8) is 0 Å². The number of rotatable bonds is 6. The molecule has 1 saturated heterocycles. The van der Waals surface area contributed by atoms with Crippen LogP contribution in [0.3, 0.4) is 0 Å². The zero-order valence-electron chi connectivity index (χ0n) is 17.2. The van der Waals surface area contributed by atoms with Crippen LogP contribution in [0.15, 0.2) is 64.0 Å². The van der Waals surface area contributed by atoms with Crippen molar-refractivity contribution in [3.05, 3.63) is 65.1 Å². The first-order chi connectivity index (χ1) is 15.7. The molecule has 1 fully saturated rings. The molecule has 5 rings (SSSR count). The molecule has 9 heteroatoms. The third-order valence-corrected chi connectivity index (χ3v) is 5.42. The van der Waals surface area contributed by atoms with Gasteiger partial charge in [0.1, 0.15) is 12.2 Å². The molecule has 9 nitrogen and oxygen atoms in total. The molecule has 1 aliphatic heterocycles. The summed E-state index contributed by atoms with van der Waals surface area (Å²) in [6, 6.07) is 14.2. The standard InChI is InChI=1S/C23H21N5O4/c29-20(25-13-15-6-5-11-31-15)14-28-19-9-2-1-7-16(19)17(12-21(28)30)23-26-22(27-32-23)18-8-3-4-10-24-18/h1-4,7-10,12,15H,5-6,11,13-14H2,(H,25,29)/t15-/m0/s1. The molecule has 3 aromatic heterocycles. The first kappa shape index (κ1) is 20.1. The van der Waals surface area contributed by atoms with Gasteiger partial charge in [0.05, 0.1) is 17.2 Å². The number of pyridine rings is 2. The van der Waals surface area contributed by atoms with E-state index in [1.54, 1.807) is 24.4 Å². The molecule has 4 aromatic rings. The molecule has 1 atom stereocenters. The summed E-state index contributed by atoms with van der Waals surface area (Å²) in [5.41, 5.74) is 1.36. The number of carbonyl (C=O) groups is 1. The summed E-state index contributed by atoms with van der Waals surface area (Å²) in [7, 11) is 0. The Morgan fingerprint density at radius 1 is 1.19 bits per heavy atom. The fourth-order valence-corrected chi connectivity index (χ4v) is 3.84. The van der Waals surface area contributed by atoms with Gasteiger partial charge in [0, 0.05) is 30.8 Å². The van der Waals surface area contributed by atoms with Gasteiger partial charge in [-0.3, -0.25) is 19.1 Å². The maximum atomic E-state index is 13.0. The first-order valence-electron chi connectivity index (χ1n) is 10.5. The smallest absolute Gasteiger partial charge is 0.259 e. The Morgan fingerprint density at radius 2 is 2.06 bits per heavy atom. The number of aromatic nitrogens is 4. The lowest BCUT2D eigenvalue weighted by Gasteiger charge is -2.14. The normalized spacial score (nSPS) is 15.8. The molecular formula is C23H21N5O4. The summed E-state index contributed by atoms with van der Waals surface area (Å²) in [6.45, 7) is 1.08. The van der Waals surface area contributed by atoms with E-state index in [0.717, 1.165) is 24.8 Å². The zero-order valence-corrected chi connectivity index (χ0v) is 17.2. The molecule has 0 unspecified atom stereocenters. The van der Waals surface area contributed by atoms with E-state index in [9.17, 15) is 9.59 Å². The Balaban J connectivity index is 1.46. The van der Waals surface area contributed by atoms with Gasteiger partial charge in [0.2, 0.25) is 11.7 Å². The van der Waals surface area contributed by atoms with E-state index in [1.807, 2.05) is 24.3 Å². The topological polar surface area (TPSA) is 112 Å². The predicted molar refractivity (Wildman–Crippen MR) is 117 cm³/mol. The summed E-state index contributed by atoms with van der Waals surface area (Å²) in [5.74, 6) is 0.312. The number of benzene rings is 1. The Kier molecular flexibility index (Phi) is 5.47. The van der Waals surface area contributed by atoms with E-state index < -0.39 is 0 Å². The van der Waals surface area contributed by atoms with Gasteiger partial charge >= 0.3 is 0 Å². The minimum absolute atomic E-state index is 0.0422. The molecule has 0 saturated carbocycles. The Labute approximate surface area is 183 Å². The van der Waals surface area contributed by atoms with Gasteiger partial charge in [-0.25, -0.2) is 0 Å². The Hall–Kier alpha value is -3.85. The fraction of sp³-hybridized carbons (Fsp3) is 0.261. The minimum atomic E-state index is -0.330. The van der Waals surface area contributed by atoms with Gasteiger partial charge in [-0.05, 0) is 31.0 Å². The Morgan fingerprint density at radius 3 is 2.88 bits per heavy atom. The summed E-state index contributed by atoms with van der Waals surface area (Å²) < 4.78 is 12.4. The number of fused-ring (bicyclic) bond motifs is 1. The van der Waals surface area contributed by atoms with Crippen molar-refractivity contribution in [3.8, 4) is 23.0 Å². The van der Waals surface area contributed by atoms with Gasteiger partial charge in [-0.15, -0.1) is 0 Å². The van der Waals surface area contributed by atoms with Crippen molar-refractivity contribution in [1.82, 2.24) is 25.0 Å². The number of amides is 1. The van der Waals surface area contributed by atoms with Crippen LogP contribution >= 0.6 is 0 Å². The largest absolute Gasteiger partial charge is 0.376 e. The number of ether oxygens (including phenoxy) is 1. The maximum Gasteiger partial charge on any atom is 0.259 e. The second kappa shape index (κ2) is 8.72. The molecule has 0 spiro atoms. The predicted octanol–water partition coefficient (Wildman–Crippen LogP) is 2.41. The van der Waals surface area contributed by atoms with Crippen LogP contribution in [0.25, 0.3) is 33.9 Å². The van der Waals surface area contributed by atoms with Crippen molar-refractivity contribution in [1.29, 1.82) is 0 Å². The first-order valence-corrected chi connectivity index (χ1v) is 10.5. The van der Waals surface area contributed by atoms with E-state index in [-0.39, 0.29) is 30.0 Å². The lowest BCUT2D eigenvalue weighted by molar-refractivity contribution is -0.122. The van der Waals surface area contributed by atoms with Crippen molar-refractivity contribution in [2.45, 2.75) is 25.5 Å². The average Bonchev–Trinajstić information content (AvgIpc) is 3.52. The highest BCUT2D eigenvalue weighted by Gasteiger charge is 2.19. The summed E-state index contributed by atoms with van der Waals surface area (Å²) in [4.78, 5) is 34.1. The monoisotopic (exact) mass is 431 g/mol. The number of hydrogen-bond acceptors (Lipinski definition) is 7. The molecule has 1 aliphatic rings. The van der Waals surface area contributed by atoms with Crippen LogP contribution in [-0.4, -0.2) is 44.9 Å². The molecule has 0 radical (unpaired) electrons. The van der Waals surface area contributed by atoms with Crippen LogP contribution in [0, 0.1) is 0 Å². The van der Waals surface area contributed by atoms with Crippen LogP contribution in [0.1, 0.15) is 12.8 Å². The van der Waals surface area contributed by atoms with Gasteiger partial charge in [0.25, 0.3) is 11.4 Å². The Bertz CT molecular complexity index is 1310. The third-order valence-electron chi connectivity index (χ3n) is 5.42. The van der Waals surface area contributed by atoms with Gasteiger partial charge < -0.3 is 14.6 Å². The molecule has 162 valence electrons. The van der Waals surface area contributed by atoms with E-state index >= 15 is 0 Å². The SMILES string of the molecule is O=C(Cn1c(=O)cc(-c2nc(-c3ccccn3)no2)c2ccccc21)NC[C@@H]1CCCO1.